The first-order chi connectivity index (χ1) is 14.1. The number of imidazole rings is 1. The molecule has 1 aromatic carbocycles. The third kappa shape index (κ3) is 4.02. The minimum Gasteiger partial charge on any atom is -0.858 e. The van der Waals surface area contributed by atoms with E-state index in [0.717, 1.165) is 25.7 Å². The monoisotopic (exact) mass is 429 g/mol. The van der Waals surface area contributed by atoms with Crippen molar-refractivity contribution in [2.24, 2.45) is 0 Å². The third-order valence-corrected chi connectivity index (χ3v) is 6.39. The lowest BCUT2D eigenvalue weighted by atomic mass is 10.2. The topological polar surface area (TPSA) is 75.8 Å². The number of hydrogen-bond donors (Lipinski definition) is 0. The first kappa shape index (κ1) is 19.9. The zero-order valence-electron chi connectivity index (χ0n) is 16.2. The Bertz CT molecular complexity index is 1130. The molecule has 0 fully saturated rings. The van der Waals surface area contributed by atoms with E-state index >= 15 is 0 Å². The van der Waals surface area contributed by atoms with Crippen LogP contribution in [-0.2, 0) is 19.5 Å². The van der Waals surface area contributed by atoms with Crippen LogP contribution in [0.1, 0.15) is 37.5 Å². The van der Waals surface area contributed by atoms with Crippen LogP contribution in [0, 0.1) is 0 Å². The average molecular weight is 430 g/mol. The van der Waals surface area contributed by atoms with Crippen molar-refractivity contribution in [3.05, 3.63) is 51.0 Å². The summed E-state index contributed by atoms with van der Waals surface area (Å²) < 4.78 is 4.08. The van der Waals surface area contributed by atoms with E-state index in [1.807, 2.05) is 12.1 Å². The van der Waals surface area contributed by atoms with E-state index in [4.69, 9.17) is 11.6 Å². The number of aryl methyl sites for hydroxylation is 1. The van der Waals surface area contributed by atoms with E-state index in [1.54, 1.807) is 15.9 Å². The van der Waals surface area contributed by atoms with Crippen molar-refractivity contribution in [2.45, 2.75) is 52.1 Å². The molecule has 0 spiro atoms. The van der Waals surface area contributed by atoms with Gasteiger partial charge in [-0.05, 0) is 54.3 Å². The number of aromatic nitrogens is 4. The second-order valence-electron chi connectivity index (χ2n) is 7.12. The molecule has 0 radical (unpaired) electrons. The van der Waals surface area contributed by atoms with Crippen LogP contribution in [0.5, 0.6) is 5.88 Å². The van der Waals surface area contributed by atoms with Crippen LogP contribution in [0.2, 0.25) is 5.28 Å². The lowest BCUT2D eigenvalue weighted by molar-refractivity contribution is -0.279. The Balaban J connectivity index is 1.58. The fraction of sp³-hybridized carbons (Fsp3) is 0.381. The third-order valence-electron chi connectivity index (χ3n) is 5.05. The first-order valence-electron chi connectivity index (χ1n) is 9.89. The fourth-order valence-corrected chi connectivity index (χ4v) is 4.85. The van der Waals surface area contributed by atoms with Gasteiger partial charge in [-0.1, -0.05) is 38.0 Å². The van der Waals surface area contributed by atoms with Gasteiger partial charge in [0.2, 0.25) is 5.28 Å². The average Bonchev–Trinajstić information content (AvgIpc) is 3.30. The van der Waals surface area contributed by atoms with E-state index in [1.165, 1.54) is 19.5 Å². The van der Waals surface area contributed by atoms with E-state index < -0.39 is 5.88 Å². The molecule has 1 aromatic heterocycles. The second kappa shape index (κ2) is 8.55. The van der Waals surface area contributed by atoms with Crippen molar-refractivity contribution in [1.29, 1.82) is 0 Å². The summed E-state index contributed by atoms with van der Waals surface area (Å²) in [4.78, 5) is 22.4. The molecule has 0 amide bonds. The summed E-state index contributed by atoms with van der Waals surface area (Å²) in [7, 11) is 0. The molecule has 0 saturated carbocycles. The van der Waals surface area contributed by atoms with Crippen LogP contribution in [0.15, 0.2) is 35.1 Å². The second-order valence-corrected chi connectivity index (χ2v) is 8.62. The maximum atomic E-state index is 13.0. The van der Waals surface area contributed by atoms with Crippen LogP contribution >= 0.6 is 22.9 Å². The SMILES string of the molecule is CCCCCn1c2nc(Cl)nc-2c([O-])n(CCCc2cc3ccccc3s2)c1=O. The summed E-state index contributed by atoms with van der Waals surface area (Å²) in [6, 6.07) is 10.4. The van der Waals surface area contributed by atoms with Gasteiger partial charge in [0.25, 0.3) is 0 Å². The minimum absolute atomic E-state index is 0.00349. The van der Waals surface area contributed by atoms with Crippen molar-refractivity contribution < 1.29 is 5.11 Å². The van der Waals surface area contributed by atoms with Crippen LogP contribution in [0.3, 0.4) is 0 Å². The standard InChI is InChI=1S/C21H23ClN4O2S/c1-2-3-6-11-25-18-17(23-20(22)24-18)19(27)26(21(25)28)12-7-9-15-13-14-8-4-5-10-16(14)29-15/h4-5,8,10,13,27H,2-3,6-7,9,11-12H2,1H3/p-1. The largest absolute Gasteiger partial charge is 0.858 e. The maximum Gasteiger partial charge on any atom is 0.329 e. The number of unbranched alkanes of at least 4 members (excludes halogenated alkanes) is 2. The lowest BCUT2D eigenvalue weighted by Crippen LogP contribution is -2.35. The quantitative estimate of drug-likeness (QED) is 0.309. The van der Waals surface area contributed by atoms with Crippen LogP contribution in [0.4, 0.5) is 0 Å². The Morgan fingerprint density at radius 3 is 2.69 bits per heavy atom. The maximum absolute atomic E-state index is 13.0. The molecule has 2 aliphatic rings. The van der Waals surface area contributed by atoms with Crippen LogP contribution in [0.25, 0.3) is 21.6 Å². The molecule has 6 nitrogen and oxygen atoms in total. The Morgan fingerprint density at radius 2 is 1.90 bits per heavy atom. The number of thiophene rings is 1. The summed E-state index contributed by atoms with van der Waals surface area (Å²) in [5.74, 6) is -0.116. The molecule has 2 aromatic rings. The van der Waals surface area contributed by atoms with Gasteiger partial charge in [-0.2, -0.15) is 4.98 Å². The molecule has 8 heteroatoms. The number of rotatable bonds is 8. The molecule has 4 rings (SSSR count). The van der Waals surface area contributed by atoms with Gasteiger partial charge in [-0.3, -0.25) is 4.57 Å². The van der Waals surface area contributed by atoms with E-state index in [9.17, 15) is 9.90 Å². The number of hydrogen-bond acceptors (Lipinski definition) is 5. The predicted molar refractivity (Wildman–Crippen MR) is 115 cm³/mol. The summed E-state index contributed by atoms with van der Waals surface area (Å²) in [6.45, 7) is 2.96. The molecular weight excluding hydrogens is 408 g/mol. The molecule has 152 valence electrons. The smallest absolute Gasteiger partial charge is 0.329 e. The first-order valence-corrected chi connectivity index (χ1v) is 11.1. The number of benzene rings is 1. The highest BCUT2D eigenvalue weighted by atomic mass is 35.5. The number of fused-ring (bicyclic) bond motifs is 2. The number of nitrogens with zero attached hydrogens (tertiary/aromatic N) is 4. The number of halogens is 1. The zero-order valence-corrected chi connectivity index (χ0v) is 17.8. The highest BCUT2D eigenvalue weighted by Gasteiger charge is 2.20. The van der Waals surface area contributed by atoms with Gasteiger partial charge in [0, 0.05) is 22.7 Å². The van der Waals surface area contributed by atoms with Crippen molar-refractivity contribution in [3.63, 3.8) is 0 Å². The van der Waals surface area contributed by atoms with Gasteiger partial charge in [-0.25, -0.2) is 9.78 Å². The Morgan fingerprint density at radius 1 is 1.10 bits per heavy atom. The highest BCUT2D eigenvalue weighted by molar-refractivity contribution is 7.19. The molecule has 0 N–H and O–H groups in total. The summed E-state index contributed by atoms with van der Waals surface area (Å²) >= 11 is 7.68. The fourth-order valence-electron chi connectivity index (χ4n) is 3.58. The molecule has 0 saturated heterocycles. The summed E-state index contributed by atoms with van der Waals surface area (Å²) in [5.41, 5.74) is -0.153. The van der Waals surface area contributed by atoms with Crippen molar-refractivity contribution >= 4 is 33.0 Å². The Labute approximate surface area is 177 Å². The van der Waals surface area contributed by atoms with Gasteiger partial charge >= 0.3 is 5.69 Å². The molecule has 0 atom stereocenters. The molecular formula is C21H22ClN4O2S-. The zero-order chi connectivity index (χ0) is 20.4. The van der Waals surface area contributed by atoms with E-state index in [2.05, 4.69) is 35.1 Å². The molecule has 2 aliphatic heterocycles. The Hall–Kier alpha value is -2.38. The molecule has 29 heavy (non-hydrogen) atoms. The summed E-state index contributed by atoms with van der Waals surface area (Å²) in [5, 5.41) is 14.1. The van der Waals surface area contributed by atoms with E-state index in [0.29, 0.717) is 25.3 Å². The molecule has 0 unspecified atom stereocenters. The van der Waals surface area contributed by atoms with Crippen LogP contribution < -0.4 is 10.8 Å². The van der Waals surface area contributed by atoms with Crippen molar-refractivity contribution in [1.82, 2.24) is 19.1 Å². The molecule has 0 aliphatic carbocycles. The van der Waals surface area contributed by atoms with Crippen LogP contribution in [-0.4, -0.2) is 19.1 Å². The molecule has 3 heterocycles. The van der Waals surface area contributed by atoms with Crippen molar-refractivity contribution in [3.8, 4) is 17.4 Å². The van der Waals surface area contributed by atoms with Gasteiger partial charge in [0.1, 0.15) is 5.69 Å². The summed E-state index contributed by atoms with van der Waals surface area (Å²) in [6.07, 6.45) is 4.40. The predicted octanol–water partition coefficient (Wildman–Crippen LogP) is 4.31. The van der Waals surface area contributed by atoms with Crippen molar-refractivity contribution in [2.75, 3.05) is 0 Å². The minimum atomic E-state index is -0.410. The van der Waals surface area contributed by atoms with Gasteiger partial charge < -0.3 is 9.67 Å². The van der Waals surface area contributed by atoms with Gasteiger partial charge in [0.15, 0.2) is 5.82 Å². The normalized spacial score (nSPS) is 11.7. The lowest BCUT2D eigenvalue weighted by Gasteiger charge is -2.22. The Kier molecular flexibility index (Phi) is 5.87. The van der Waals surface area contributed by atoms with Gasteiger partial charge in [0.05, 0.1) is 0 Å². The molecule has 0 bridgehead atoms. The van der Waals surface area contributed by atoms with Gasteiger partial charge in [-0.15, -0.1) is 11.3 Å². The highest BCUT2D eigenvalue weighted by Crippen LogP contribution is 2.28. The van der Waals surface area contributed by atoms with E-state index in [-0.39, 0.29) is 16.7 Å².